The van der Waals surface area contributed by atoms with E-state index in [0.717, 1.165) is 12.1 Å². The molecule has 0 spiro atoms. The van der Waals surface area contributed by atoms with Crippen LogP contribution in [0.25, 0.3) is 11.0 Å². The summed E-state index contributed by atoms with van der Waals surface area (Å²) in [4.78, 5) is 12.2. The molecule has 1 amide bonds. The van der Waals surface area contributed by atoms with Crippen LogP contribution in [-0.2, 0) is 0 Å². The van der Waals surface area contributed by atoms with Gasteiger partial charge in [0, 0.05) is 17.0 Å². The van der Waals surface area contributed by atoms with Crippen molar-refractivity contribution in [3.05, 3.63) is 65.2 Å². The number of carbonyl (C=O) groups excluding carboxylic acids is 1. The summed E-state index contributed by atoms with van der Waals surface area (Å²) in [6.45, 7) is 1.60. The van der Waals surface area contributed by atoms with Crippen LogP contribution in [0.2, 0.25) is 0 Å². The Hall–Kier alpha value is -2.76. The molecule has 0 atom stereocenters. The second kappa shape index (κ2) is 5.22. The lowest BCUT2D eigenvalue weighted by Gasteiger charge is -2.05. The normalized spacial score (nSPS) is 10.9. The van der Waals surface area contributed by atoms with Crippen LogP contribution in [0.15, 0.2) is 40.8 Å². The summed E-state index contributed by atoms with van der Waals surface area (Å²) in [6, 6.07) is 7.10. The predicted molar refractivity (Wildman–Crippen MR) is 75.2 cm³/mol. The van der Waals surface area contributed by atoms with Crippen molar-refractivity contribution in [2.45, 2.75) is 6.92 Å². The SMILES string of the molecule is Cc1c(C(=O)Nc2ccc(F)cc2F)oc2c(F)cccc12. The number of amides is 1. The summed E-state index contributed by atoms with van der Waals surface area (Å²) >= 11 is 0. The Morgan fingerprint density at radius 2 is 1.86 bits per heavy atom. The van der Waals surface area contributed by atoms with E-state index < -0.39 is 23.4 Å². The summed E-state index contributed by atoms with van der Waals surface area (Å²) in [5.74, 6) is -3.11. The fourth-order valence-corrected chi connectivity index (χ4v) is 2.20. The van der Waals surface area contributed by atoms with E-state index in [0.29, 0.717) is 17.0 Å². The second-order valence-corrected chi connectivity index (χ2v) is 4.75. The van der Waals surface area contributed by atoms with Gasteiger partial charge < -0.3 is 9.73 Å². The van der Waals surface area contributed by atoms with Gasteiger partial charge in [0.05, 0.1) is 5.69 Å². The van der Waals surface area contributed by atoms with Gasteiger partial charge in [0.25, 0.3) is 5.91 Å². The first-order chi connectivity index (χ1) is 10.5. The first-order valence-corrected chi connectivity index (χ1v) is 6.41. The van der Waals surface area contributed by atoms with Crippen molar-refractivity contribution in [1.82, 2.24) is 0 Å². The lowest BCUT2D eigenvalue weighted by Crippen LogP contribution is -2.13. The third kappa shape index (κ3) is 2.32. The molecule has 3 aromatic rings. The van der Waals surface area contributed by atoms with E-state index in [2.05, 4.69) is 5.32 Å². The first kappa shape index (κ1) is 14.2. The van der Waals surface area contributed by atoms with Crippen LogP contribution >= 0.6 is 0 Å². The molecule has 22 heavy (non-hydrogen) atoms. The number of furan rings is 1. The quantitative estimate of drug-likeness (QED) is 0.762. The molecular formula is C16H10F3NO2. The van der Waals surface area contributed by atoms with Crippen molar-refractivity contribution in [1.29, 1.82) is 0 Å². The van der Waals surface area contributed by atoms with Crippen LogP contribution in [0.1, 0.15) is 16.1 Å². The molecule has 2 aromatic carbocycles. The molecule has 0 saturated heterocycles. The van der Waals surface area contributed by atoms with Crippen molar-refractivity contribution < 1.29 is 22.4 Å². The average molecular weight is 305 g/mol. The number of halogens is 3. The zero-order valence-electron chi connectivity index (χ0n) is 11.4. The second-order valence-electron chi connectivity index (χ2n) is 4.75. The zero-order valence-corrected chi connectivity index (χ0v) is 11.4. The van der Waals surface area contributed by atoms with Gasteiger partial charge in [-0.15, -0.1) is 0 Å². The van der Waals surface area contributed by atoms with Gasteiger partial charge in [0.1, 0.15) is 11.6 Å². The topological polar surface area (TPSA) is 42.2 Å². The summed E-state index contributed by atoms with van der Waals surface area (Å²) in [7, 11) is 0. The largest absolute Gasteiger partial charge is 0.448 e. The zero-order chi connectivity index (χ0) is 15.9. The number of anilines is 1. The molecule has 0 aliphatic heterocycles. The molecule has 1 heterocycles. The summed E-state index contributed by atoms with van der Waals surface area (Å²) in [5, 5.41) is 2.74. The Morgan fingerprint density at radius 3 is 2.55 bits per heavy atom. The lowest BCUT2D eigenvalue weighted by molar-refractivity contribution is 0.0997. The van der Waals surface area contributed by atoms with Crippen LogP contribution in [0.3, 0.4) is 0 Å². The lowest BCUT2D eigenvalue weighted by atomic mass is 10.1. The Morgan fingerprint density at radius 1 is 1.09 bits per heavy atom. The van der Waals surface area contributed by atoms with E-state index in [4.69, 9.17) is 4.42 Å². The van der Waals surface area contributed by atoms with Crippen LogP contribution in [0.4, 0.5) is 18.9 Å². The van der Waals surface area contributed by atoms with Crippen molar-refractivity contribution in [2.75, 3.05) is 5.32 Å². The molecule has 0 radical (unpaired) electrons. The maximum Gasteiger partial charge on any atom is 0.291 e. The fraction of sp³-hybridized carbons (Fsp3) is 0.0625. The van der Waals surface area contributed by atoms with Crippen LogP contribution in [-0.4, -0.2) is 5.91 Å². The fourth-order valence-electron chi connectivity index (χ4n) is 2.20. The molecule has 6 heteroatoms. The minimum absolute atomic E-state index is 0.0373. The molecule has 0 bridgehead atoms. The molecule has 0 fully saturated rings. The molecule has 3 nitrogen and oxygen atoms in total. The van der Waals surface area contributed by atoms with Crippen molar-refractivity contribution in [3.63, 3.8) is 0 Å². The Balaban J connectivity index is 1.99. The maximum absolute atomic E-state index is 13.7. The number of benzene rings is 2. The molecule has 1 N–H and O–H groups in total. The number of para-hydroxylation sites is 1. The number of fused-ring (bicyclic) bond motifs is 1. The number of aryl methyl sites for hydroxylation is 1. The molecule has 112 valence electrons. The summed E-state index contributed by atoms with van der Waals surface area (Å²) in [6.07, 6.45) is 0. The van der Waals surface area contributed by atoms with Crippen molar-refractivity contribution >= 4 is 22.6 Å². The molecule has 0 saturated carbocycles. The molecular weight excluding hydrogens is 295 g/mol. The van der Waals surface area contributed by atoms with Crippen molar-refractivity contribution in [2.24, 2.45) is 0 Å². The monoisotopic (exact) mass is 305 g/mol. The molecule has 1 aromatic heterocycles. The van der Waals surface area contributed by atoms with Crippen LogP contribution in [0.5, 0.6) is 0 Å². The third-order valence-electron chi connectivity index (χ3n) is 3.30. The molecule has 3 rings (SSSR count). The van der Waals surface area contributed by atoms with E-state index in [9.17, 15) is 18.0 Å². The molecule has 0 aliphatic rings. The first-order valence-electron chi connectivity index (χ1n) is 6.41. The highest BCUT2D eigenvalue weighted by Crippen LogP contribution is 2.28. The van der Waals surface area contributed by atoms with Crippen LogP contribution < -0.4 is 5.32 Å². The smallest absolute Gasteiger partial charge is 0.291 e. The number of nitrogens with one attached hydrogen (secondary N) is 1. The Labute approximate surface area is 123 Å². The third-order valence-corrected chi connectivity index (χ3v) is 3.30. The van der Waals surface area contributed by atoms with E-state index in [1.54, 1.807) is 13.0 Å². The number of rotatable bonds is 2. The van der Waals surface area contributed by atoms with E-state index in [1.165, 1.54) is 12.1 Å². The Bertz CT molecular complexity index is 886. The highest BCUT2D eigenvalue weighted by atomic mass is 19.1. The minimum Gasteiger partial charge on any atom is -0.448 e. The van der Waals surface area contributed by atoms with E-state index >= 15 is 0 Å². The molecule has 0 aliphatic carbocycles. The van der Waals surface area contributed by atoms with Gasteiger partial charge in [0.15, 0.2) is 17.2 Å². The average Bonchev–Trinajstić information content (AvgIpc) is 2.81. The van der Waals surface area contributed by atoms with Gasteiger partial charge in [-0.05, 0) is 25.1 Å². The number of hydrogen-bond acceptors (Lipinski definition) is 2. The van der Waals surface area contributed by atoms with Gasteiger partial charge in [0.2, 0.25) is 0 Å². The highest BCUT2D eigenvalue weighted by molar-refractivity contribution is 6.06. The van der Waals surface area contributed by atoms with Gasteiger partial charge in [-0.3, -0.25) is 4.79 Å². The van der Waals surface area contributed by atoms with E-state index in [1.807, 2.05) is 0 Å². The van der Waals surface area contributed by atoms with Gasteiger partial charge >= 0.3 is 0 Å². The summed E-state index contributed by atoms with van der Waals surface area (Å²) < 4.78 is 45.3. The standard InChI is InChI=1S/C16H10F3NO2/c1-8-10-3-2-4-11(18)15(10)22-14(8)16(21)20-13-6-5-9(17)7-12(13)19/h2-7H,1H3,(H,20,21). The van der Waals surface area contributed by atoms with Gasteiger partial charge in [-0.1, -0.05) is 12.1 Å². The Kier molecular flexibility index (Phi) is 3.36. The van der Waals surface area contributed by atoms with Crippen LogP contribution in [0, 0.1) is 24.4 Å². The maximum atomic E-state index is 13.7. The molecule has 0 unspecified atom stereocenters. The number of carbonyl (C=O) groups is 1. The highest BCUT2D eigenvalue weighted by Gasteiger charge is 2.20. The van der Waals surface area contributed by atoms with Gasteiger partial charge in [-0.25, -0.2) is 13.2 Å². The van der Waals surface area contributed by atoms with E-state index in [-0.39, 0.29) is 17.0 Å². The van der Waals surface area contributed by atoms with Crippen molar-refractivity contribution in [3.8, 4) is 0 Å². The minimum atomic E-state index is -0.909. The summed E-state index contributed by atoms with van der Waals surface area (Å²) in [5.41, 5.74) is 0.214. The number of hydrogen-bond donors (Lipinski definition) is 1. The van der Waals surface area contributed by atoms with Gasteiger partial charge in [-0.2, -0.15) is 0 Å². The predicted octanol–water partition coefficient (Wildman–Crippen LogP) is 4.41.